The van der Waals surface area contributed by atoms with Crippen LogP contribution in [0.3, 0.4) is 0 Å². The third kappa shape index (κ3) is 4.57. The van der Waals surface area contributed by atoms with E-state index < -0.39 is 16.9 Å². The Kier molecular flexibility index (Phi) is 4.98. The molecule has 0 radical (unpaired) electrons. The summed E-state index contributed by atoms with van der Waals surface area (Å²) >= 11 is 5.92. The number of amides is 1. The van der Waals surface area contributed by atoms with E-state index in [0.29, 0.717) is 12.5 Å². The van der Waals surface area contributed by atoms with Crippen LogP contribution in [0.4, 0.5) is 5.69 Å². The molecule has 1 unspecified atom stereocenters. The van der Waals surface area contributed by atoms with Crippen molar-refractivity contribution in [1.29, 1.82) is 0 Å². The lowest BCUT2D eigenvalue weighted by Gasteiger charge is -2.15. The molecule has 0 saturated heterocycles. The number of halogens is 1. The highest BCUT2D eigenvalue weighted by Crippen LogP contribution is 2.29. The lowest BCUT2D eigenvalue weighted by Crippen LogP contribution is -2.43. The van der Waals surface area contributed by atoms with Gasteiger partial charge in [0, 0.05) is 18.5 Å². The largest absolute Gasteiger partial charge is 0.492 e. The molecule has 1 atom stereocenters. The van der Waals surface area contributed by atoms with E-state index >= 15 is 0 Å². The maximum Gasteiger partial charge on any atom is 0.273 e. The minimum Gasteiger partial charge on any atom is -0.492 e. The number of benzene rings is 1. The van der Waals surface area contributed by atoms with Gasteiger partial charge in [0.05, 0.1) is 28.7 Å². The zero-order valence-corrected chi connectivity index (χ0v) is 12.0. The molecule has 0 aliphatic heterocycles. The molecule has 1 amide bonds. The number of hydrogen-bond acceptors (Lipinski definition) is 5. The van der Waals surface area contributed by atoms with Gasteiger partial charge < -0.3 is 15.8 Å². The summed E-state index contributed by atoms with van der Waals surface area (Å²) in [4.78, 5) is 21.5. The van der Waals surface area contributed by atoms with Crippen molar-refractivity contribution in [2.45, 2.75) is 31.3 Å². The number of nitrogens with one attached hydrogen (secondary N) is 1. The van der Waals surface area contributed by atoms with Gasteiger partial charge in [0.15, 0.2) is 0 Å². The first-order valence-corrected chi connectivity index (χ1v) is 6.97. The lowest BCUT2D eigenvalue weighted by molar-refractivity contribution is -0.384. The van der Waals surface area contributed by atoms with Crippen molar-refractivity contribution in [1.82, 2.24) is 5.32 Å². The molecule has 0 heterocycles. The van der Waals surface area contributed by atoms with Crippen LogP contribution in [0, 0.1) is 10.1 Å². The van der Waals surface area contributed by atoms with Crippen molar-refractivity contribution in [3.63, 3.8) is 0 Å². The van der Waals surface area contributed by atoms with Crippen LogP contribution in [0.2, 0.25) is 5.02 Å². The van der Waals surface area contributed by atoms with Gasteiger partial charge in [-0.3, -0.25) is 14.9 Å². The molecule has 0 bridgehead atoms. The van der Waals surface area contributed by atoms with Crippen LogP contribution in [0.15, 0.2) is 18.2 Å². The highest BCUT2D eigenvalue weighted by molar-refractivity contribution is 6.32. The summed E-state index contributed by atoms with van der Waals surface area (Å²) in [6.07, 6.45) is 2.47. The number of nitrogens with zero attached hydrogens (tertiary/aromatic N) is 1. The predicted octanol–water partition coefficient (Wildman–Crippen LogP) is 1.62. The molecule has 1 aromatic rings. The van der Waals surface area contributed by atoms with E-state index in [-0.39, 0.29) is 23.1 Å². The number of hydrogen-bond donors (Lipinski definition) is 2. The second-order valence-electron chi connectivity index (χ2n) is 4.90. The van der Waals surface area contributed by atoms with Gasteiger partial charge in [0.1, 0.15) is 5.75 Å². The fourth-order valence-electron chi connectivity index (χ4n) is 1.85. The predicted molar refractivity (Wildman–Crippen MR) is 77.4 cm³/mol. The SMILES string of the molecule is NC(=O)C(CCOc1cc([N+](=O)[O-])ccc1Cl)NC1CC1. The number of non-ortho nitro benzene ring substituents is 1. The van der Waals surface area contributed by atoms with E-state index in [4.69, 9.17) is 22.1 Å². The highest BCUT2D eigenvalue weighted by Gasteiger charge is 2.27. The van der Waals surface area contributed by atoms with Crippen molar-refractivity contribution >= 4 is 23.2 Å². The number of ether oxygens (including phenoxy) is 1. The quantitative estimate of drug-likeness (QED) is 0.560. The van der Waals surface area contributed by atoms with Crippen LogP contribution in [0.1, 0.15) is 19.3 Å². The van der Waals surface area contributed by atoms with Gasteiger partial charge in [0.25, 0.3) is 5.69 Å². The Morgan fingerprint density at radius 3 is 2.86 bits per heavy atom. The van der Waals surface area contributed by atoms with Crippen LogP contribution in [-0.4, -0.2) is 29.5 Å². The molecule has 3 N–H and O–H groups in total. The molecule has 8 heteroatoms. The average molecular weight is 314 g/mol. The summed E-state index contributed by atoms with van der Waals surface area (Å²) in [5.74, 6) is -0.212. The second kappa shape index (κ2) is 6.73. The van der Waals surface area contributed by atoms with Gasteiger partial charge >= 0.3 is 0 Å². The number of nitro groups is 1. The molecule has 21 heavy (non-hydrogen) atoms. The monoisotopic (exact) mass is 313 g/mol. The Labute approximate surface area is 126 Å². The van der Waals surface area contributed by atoms with Crippen LogP contribution < -0.4 is 15.8 Å². The molecular weight excluding hydrogens is 298 g/mol. The van der Waals surface area contributed by atoms with Gasteiger partial charge in [-0.25, -0.2) is 0 Å². The topological polar surface area (TPSA) is 107 Å². The van der Waals surface area contributed by atoms with Crippen LogP contribution in [-0.2, 0) is 4.79 Å². The Hall–Kier alpha value is -1.86. The zero-order chi connectivity index (χ0) is 15.4. The Bertz CT molecular complexity index is 548. The molecule has 1 aliphatic rings. The van der Waals surface area contributed by atoms with Crippen LogP contribution in [0.25, 0.3) is 0 Å². The fraction of sp³-hybridized carbons (Fsp3) is 0.462. The number of nitro benzene ring substituents is 1. The zero-order valence-electron chi connectivity index (χ0n) is 11.3. The third-order valence-corrected chi connectivity index (χ3v) is 3.46. The van der Waals surface area contributed by atoms with Crippen molar-refractivity contribution in [3.05, 3.63) is 33.3 Å². The number of primary amides is 1. The molecule has 7 nitrogen and oxygen atoms in total. The molecule has 2 rings (SSSR count). The Morgan fingerprint density at radius 2 is 2.29 bits per heavy atom. The van der Waals surface area contributed by atoms with Crippen molar-refractivity contribution in [2.24, 2.45) is 5.73 Å². The van der Waals surface area contributed by atoms with E-state index in [0.717, 1.165) is 12.8 Å². The Morgan fingerprint density at radius 1 is 1.57 bits per heavy atom. The van der Waals surface area contributed by atoms with Gasteiger partial charge in [-0.05, 0) is 18.9 Å². The van der Waals surface area contributed by atoms with E-state index in [1.54, 1.807) is 0 Å². The summed E-state index contributed by atoms with van der Waals surface area (Å²) in [5.41, 5.74) is 5.21. The number of carbonyl (C=O) groups is 1. The first-order chi connectivity index (χ1) is 9.97. The molecule has 1 aliphatic carbocycles. The van der Waals surface area contributed by atoms with Gasteiger partial charge in [-0.15, -0.1) is 0 Å². The molecule has 0 aromatic heterocycles. The second-order valence-corrected chi connectivity index (χ2v) is 5.31. The van der Waals surface area contributed by atoms with Crippen molar-refractivity contribution < 1.29 is 14.5 Å². The average Bonchev–Trinajstić information content (AvgIpc) is 3.23. The van der Waals surface area contributed by atoms with Crippen molar-refractivity contribution in [2.75, 3.05) is 6.61 Å². The summed E-state index contributed by atoms with van der Waals surface area (Å²) in [5, 5.41) is 14.1. The number of carbonyl (C=O) groups excluding carboxylic acids is 1. The third-order valence-electron chi connectivity index (χ3n) is 3.15. The molecule has 1 fully saturated rings. The minimum atomic E-state index is -0.524. The maximum absolute atomic E-state index is 11.3. The smallest absolute Gasteiger partial charge is 0.273 e. The van der Waals surface area contributed by atoms with Crippen LogP contribution in [0.5, 0.6) is 5.75 Å². The summed E-state index contributed by atoms with van der Waals surface area (Å²) in [7, 11) is 0. The summed E-state index contributed by atoms with van der Waals surface area (Å²) in [6.45, 7) is 0.189. The van der Waals surface area contributed by atoms with E-state index in [9.17, 15) is 14.9 Å². The maximum atomic E-state index is 11.3. The van der Waals surface area contributed by atoms with Gasteiger partial charge in [-0.2, -0.15) is 0 Å². The summed E-state index contributed by atoms with van der Waals surface area (Å²) < 4.78 is 5.43. The number of nitrogens with two attached hydrogens (primary N) is 1. The van der Waals surface area contributed by atoms with Gasteiger partial charge in [-0.1, -0.05) is 11.6 Å². The lowest BCUT2D eigenvalue weighted by atomic mass is 10.2. The Balaban J connectivity index is 1.90. The van der Waals surface area contributed by atoms with Gasteiger partial charge in [0.2, 0.25) is 5.91 Å². The molecule has 1 aromatic carbocycles. The molecular formula is C13H16ClN3O4. The first-order valence-electron chi connectivity index (χ1n) is 6.59. The summed E-state index contributed by atoms with van der Waals surface area (Å²) in [6, 6.07) is 3.86. The molecule has 0 spiro atoms. The normalized spacial score (nSPS) is 15.5. The van der Waals surface area contributed by atoms with E-state index in [1.807, 2.05) is 0 Å². The minimum absolute atomic E-state index is 0.100. The fourth-order valence-corrected chi connectivity index (χ4v) is 2.02. The number of rotatable bonds is 8. The molecule has 1 saturated carbocycles. The standard InChI is InChI=1S/C13H16ClN3O4/c14-10-4-3-9(17(19)20)7-12(10)21-6-5-11(13(15)18)16-8-1-2-8/h3-4,7-8,11,16H,1-2,5-6H2,(H2,15,18). The van der Waals surface area contributed by atoms with Crippen molar-refractivity contribution in [3.8, 4) is 5.75 Å². The van der Waals surface area contributed by atoms with E-state index in [2.05, 4.69) is 5.32 Å². The highest BCUT2D eigenvalue weighted by atomic mass is 35.5. The van der Waals surface area contributed by atoms with Crippen LogP contribution >= 0.6 is 11.6 Å². The molecule has 114 valence electrons. The first kappa shape index (κ1) is 15.5. The van der Waals surface area contributed by atoms with E-state index in [1.165, 1.54) is 18.2 Å².